The van der Waals surface area contributed by atoms with Crippen LogP contribution in [0.4, 0.5) is 4.79 Å². The number of nitrogens with zero attached hydrogens (tertiary/aromatic N) is 4. The predicted molar refractivity (Wildman–Crippen MR) is 119 cm³/mol. The van der Waals surface area contributed by atoms with Crippen LogP contribution < -0.4 is 5.32 Å². The number of carbonyl (C=O) groups is 2. The number of imide groups is 1. The molecule has 1 aromatic carbocycles. The summed E-state index contributed by atoms with van der Waals surface area (Å²) in [7, 11) is 3.70. The summed E-state index contributed by atoms with van der Waals surface area (Å²) in [5, 5.41) is 2.48. The molecule has 0 saturated carbocycles. The first kappa shape index (κ1) is 22.1. The largest absolute Gasteiger partial charge is 0.341 e. The summed E-state index contributed by atoms with van der Waals surface area (Å²) in [5.74, 6) is 0.537. The maximum atomic E-state index is 12.7. The molecule has 1 fully saturated rings. The zero-order valence-corrected chi connectivity index (χ0v) is 18.5. The molecule has 2 atom stereocenters. The minimum Gasteiger partial charge on any atom is -0.341 e. The average molecular weight is 414 g/mol. The summed E-state index contributed by atoms with van der Waals surface area (Å²) in [4.78, 5) is 35.3. The van der Waals surface area contributed by atoms with E-state index in [1.54, 1.807) is 7.05 Å². The standard InChI is InChI=1S/C23H35N5O2/c1-4-5-6-7-8-9-13-16-28-19-20(27(3)23(30)25-21(19)29)24-22(28)26(2)17-18-14-11-10-12-15-18/h10-12,14-15,19-20H,4-9,13,16-17H2,1-3H3,(H,25,29,30). The first-order chi connectivity index (χ1) is 14.5. The van der Waals surface area contributed by atoms with Crippen LogP contribution in [0.1, 0.15) is 57.4 Å². The molecule has 1 saturated heterocycles. The first-order valence-corrected chi connectivity index (χ1v) is 11.2. The second-order valence-electron chi connectivity index (χ2n) is 8.35. The summed E-state index contributed by atoms with van der Waals surface area (Å²) >= 11 is 0. The predicted octanol–water partition coefficient (Wildman–Crippen LogP) is 3.42. The van der Waals surface area contributed by atoms with E-state index in [0.29, 0.717) is 6.54 Å². The third-order valence-corrected chi connectivity index (χ3v) is 5.95. The van der Waals surface area contributed by atoms with E-state index in [9.17, 15) is 9.59 Å². The second-order valence-corrected chi connectivity index (χ2v) is 8.35. The Balaban J connectivity index is 1.68. The normalized spacial score (nSPS) is 20.8. The fourth-order valence-electron chi connectivity index (χ4n) is 4.24. The zero-order valence-electron chi connectivity index (χ0n) is 18.5. The van der Waals surface area contributed by atoms with Crippen molar-refractivity contribution in [1.82, 2.24) is 20.0 Å². The quantitative estimate of drug-likeness (QED) is 0.597. The van der Waals surface area contributed by atoms with Gasteiger partial charge in [-0.1, -0.05) is 75.8 Å². The molecule has 1 N–H and O–H groups in total. The summed E-state index contributed by atoms with van der Waals surface area (Å²) in [6.45, 7) is 3.70. The number of amides is 3. The van der Waals surface area contributed by atoms with Crippen molar-refractivity contribution in [1.29, 1.82) is 0 Å². The molecule has 2 heterocycles. The number of likely N-dealkylation sites (N-methyl/N-ethyl adjacent to an activating group) is 1. The van der Waals surface area contributed by atoms with Crippen LogP contribution in [0.5, 0.6) is 0 Å². The van der Waals surface area contributed by atoms with E-state index in [1.807, 2.05) is 25.2 Å². The summed E-state index contributed by atoms with van der Waals surface area (Å²) in [5.41, 5.74) is 1.18. The van der Waals surface area contributed by atoms with E-state index in [4.69, 9.17) is 4.99 Å². The van der Waals surface area contributed by atoms with E-state index in [2.05, 4.69) is 34.2 Å². The van der Waals surface area contributed by atoms with Crippen molar-refractivity contribution >= 4 is 17.9 Å². The molecule has 30 heavy (non-hydrogen) atoms. The smallest absolute Gasteiger partial charge is 0.325 e. The lowest BCUT2D eigenvalue weighted by atomic mass is 10.1. The van der Waals surface area contributed by atoms with Crippen LogP contribution in [-0.4, -0.2) is 65.4 Å². The number of hydrogen-bond donors (Lipinski definition) is 1. The minimum atomic E-state index is -0.468. The molecule has 0 aliphatic carbocycles. The lowest BCUT2D eigenvalue weighted by Crippen LogP contribution is -2.64. The lowest BCUT2D eigenvalue weighted by molar-refractivity contribution is -0.127. The molecule has 7 heteroatoms. The number of unbranched alkanes of at least 4 members (excludes halogenated alkanes) is 6. The molecule has 0 radical (unpaired) electrons. The van der Waals surface area contributed by atoms with Gasteiger partial charge in [-0.3, -0.25) is 10.1 Å². The Kier molecular flexibility index (Phi) is 7.71. The Labute approximate surface area is 180 Å². The molecular formula is C23H35N5O2. The first-order valence-electron chi connectivity index (χ1n) is 11.2. The highest BCUT2D eigenvalue weighted by molar-refractivity contribution is 6.03. The molecule has 1 aromatic rings. The fourth-order valence-corrected chi connectivity index (χ4v) is 4.24. The Morgan fingerprint density at radius 1 is 1.03 bits per heavy atom. The molecule has 0 bridgehead atoms. The van der Waals surface area contributed by atoms with Gasteiger partial charge >= 0.3 is 6.03 Å². The summed E-state index contributed by atoms with van der Waals surface area (Å²) in [6, 6.07) is 9.38. The highest BCUT2D eigenvalue weighted by Crippen LogP contribution is 2.26. The van der Waals surface area contributed by atoms with E-state index in [1.165, 1.54) is 42.6 Å². The van der Waals surface area contributed by atoms with Gasteiger partial charge in [0, 0.05) is 27.2 Å². The number of benzene rings is 1. The van der Waals surface area contributed by atoms with Crippen molar-refractivity contribution in [3.8, 4) is 0 Å². The molecule has 164 valence electrons. The Bertz CT molecular complexity index is 751. The number of rotatable bonds is 10. The number of aliphatic imine (C=N–C) groups is 1. The molecule has 0 aromatic heterocycles. The highest BCUT2D eigenvalue weighted by Gasteiger charge is 2.49. The van der Waals surface area contributed by atoms with Gasteiger partial charge in [-0.05, 0) is 12.0 Å². The number of carbonyl (C=O) groups excluding carboxylic acids is 2. The third kappa shape index (κ3) is 5.12. The zero-order chi connectivity index (χ0) is 21.5. The van der Waals surface area contributed by atoms with Gasteiger partial charge in [0.1, 0.15) is 0 Å². The molecule has 2 unspecified atom stereocenters. The molecule has 2 aliphatic heterocycles. The monoisotopic (exact) mass is 413 g/mol. The topological polar surface area (TPSA) is 68.2 Å². The van der Waals surface area contributed by atoms with Gasteiger partial charge in [0.15, 0.2) is 18.2 Å². The number of guanidine groups is 1. The maximum Gasteiger partial charge on any atom is 0.325 e. The van der Waals surface area contributed by atoms with E-state index in [0.717, 1.165) is 25.3 Å². The van der Waals surface area contributed by atoms with Gasteiger partial charge in [-0.2, -0.15) is 0 Å². The Morgan fingerprint density at radius 3 is 2.40 bits per heavy atom. The van der Waals surface area contributed by atoms with Gasteiger partial charge in [-0.25, -0.2) is 9.79 Å². The highest BCUT2D eigenvalue weighted by atomic mass is 16.2. The van der Waals surface area contributed by atoms with Crippen LogP contribution in [-0.2, 0) is 11.3 Å². The number of hydrogen-bond acceptors (Lipinski definition) is 5. The van der Waals surface area contributed by atoms with Crippen molar-refractivity contribution < 1.29 is 9.59 Å². The maximum absolute atomic E-state index is 12.7. The van der Waals surface area contributed by atoms with Crippen molar-refractivity contribution in [2.45, 2.75) is 70.6 Å². The summed E-state index contributed by atoms with van der Waals surface area (Å²) in [6.07, 6.45) is 8.03. The van der Waals surface area contributed by atoms with Gasteiger partial charge in [0.2, 0.25) is 0 Å². The van der Waals surface area contributed by atoms with E-state index >= 15 is 0 Å². The Morgan fingerprint density at radius 2 is 1.70 bits per heavy atom. The van der Waals surface area contributed by atoms with Crippen molar-refractivity contribution in [3.05, 3.63) is 35.9 Å². The molecule has 7 nitrogen and oxygen atoms in total. The van der Waals surface area contributed by atoms with Gasteiger partial charge in [0.05, 0.1) is 0 Å². The fraction of sp³-hybridized carbons (Fsp3) is 0.609. The second kappa shape index (κ2) is 10.5. The number of fused-ring (bicyclic) bond motifs is 1. The van der Waals surface area contributed by atoms with Crippen LogP contribution in [0.15, 0.2) is 35.3 Å². The van der Waals surface area contributed by atoms with E-state index in [-0.39, 0.29) is 11.9 Å². The van der Waals surface area contributed by atoms with Crippen molar-refractivity contribution in [3.63, 3.8) is 0 Å². The van der Waals surface area contributed by atoms with Crippen LogP contribution in [0.25, 0.3) is 0 Å². The Hall–Kier alpha value is -2.57. The van der Waals surface area contributed by atoms with Gasteiger partial charge < -0.3 is 14.7 Å². The van der Waals surface area contributed by atoms with Gasteiger partial charge in [0.25, 0.3) is 5.91 Å². The minimum absolute atomic E-state index is 0.252. The molecule has 3 amide bonds. The van der Waals surface area contributed by atoms with E-state index < -0.39 is 12.2 Å². The molecule has 3 rings (SSSR count). The molecule has 2 aliphatic rings. The molecular weight excluding hydrogens is 378 g/mol. The third-order valence-electron chi connectivity index (χ3n) is 5.95. The van der Waals surface area contributed by atoms with Crippen molar-refractivity contribution in [2.24, 2.45) is 4.99 Å². The number of nitrogens with one attached hydrogen (secondary N) is 1. The van der Waals surface area contributed by atoms with Crippen LogP contribution in [0, 0.1) is 0 Å². The lowest BCUT2D eigenvalue weighted by Gasteiger charge is -2.37. The number of urea groups is 1. The van der Waals surface area contributed by atoms with Crippen molar-refractivity contribution in [2.75, 3.05) is 20.6 Å². The average Bonchev–Trinajstić information content (AvgIpc) is 3.12. The van der Waals surface area contributed by atoms with Gasteiger partial charge in [-0.15, -0.1) is 0 Å². The van der Waals surface area contributed by atoms with Crippen LogP contribution in [0.2, 0.25) is 0 Å². The molecule has 0 spiro atoms. The van der Waals surface area contributed by atoms with Crippen LogP contribution in [0.3, 0.4) is 0 Å². The summed E-state index contributed by atoms with van der Waals surface area (Å²) < 4.78 is 0. The van der Waals surface area contributed by atoms with Crippen LogP contribution >= 0.6 is 0 Å². The SMILES string of the molecule is CCCCCCCCCN1C(N(C)Cc2ccccc2)=NC2C1C(=O)NC(=O)N2C.